The van der Waals surface area contributed by atoms with Crippen molar-refractivity contribution in [2.24, 2.45) is 0 Å². The zero-order chi connectivity index (χ0) is 14.5. The second-order valence-electron chi connectivity index (χ2n) is 4.73. The van der Waals surface area contributed by atoms with E-state index in [0.29, 0.717) is 25.1 Å². The Labute approximate surface area is 121 Å². The van der Waals surface area contributed by atoms with Gasteiger partial charge in [0.1, 0.15) is 11.9 Å². The lowest BCUT2D eigenvalue weighted by Gasteiger charge is -2.06. The summed E-state index contributed by atoms with van der Waals surface area (Å²) in [5, 5.41) is 23.3. The van der Waals surface area contributed by atoms with Gasteiger partial charge in [-0.05, 0) is 42.2 Å². The average molecular weight is 285 g/mol. The molecular weight excluding hydrogens is 270 g/mol. The molecule has 0 amide bonds. The number of pyridine rings is 1. The Hall–Kier alpha value is -2.54. The molecule has 0 aliphatic rings. The van der Waals surface area contributed by atoms with Crippen molar-refractivity contribution in [2.45, 2.75) is 25.4 Å². The average Bonchev–Trinajstić information content (AvgIpc) is 3.18. The van der Waals surface area contributed by atoms with Crippen LogP contribution in [0.15, 0.2) is 41.3 Å². The van der Waals surface area contributed by atoms with E-state index in [1.807, 2.05) is 18.2 Å². The van der Waals surface area contributed by atoms with Gasteiger partial charge in [0.25, 0.3) is 0 Å². The van der Waals surface area contributed by atoms with Crippen molar-refractivity contribution in [3.05, 3.63) is 59.6 Å². The Morgan fingerprint density at radius 1 is 1.24 bits per heavy atom. The number of aliphatic hydroxyl groups is 1. The number of nitrogens with zero attached hydrogens (tertiary/aromatic N) is 4. The minimum absolute atomic E-state index is 0.314. The van der Waals surface area contributed by atoms with Gasteiger partial charge in [0, 0.05) is 18.8 Å². The standard InChI is InChI=1S/C14H15N5O2/c20-12(14-16-18-19-17-14)2-1-11-5-8-21-13(11)9-10-3-6-15-7-4-10/h3-8,12,20H,1-2,9H2,(H,16,17,18,19). The van der Waals surface area contributed by atoms with Crippen LogP contribution in [-0.4, -0.2) is 30.7 Å². The first-order chi connectivity index (χ1) is 10.3. The van der Waals surface area contributed by atoms with Crippen LogP contribution in [-0.2, 0) is 12.8 Å². The van der Waals surface area contributed by atoms with Crippen LogP contribution in [0.2, 0.25) is 0 Å². The summed E-state index contributed by atoms with van der Waals surface area (Å²) in [4.78, 5) is 4.00. The van der Waals surface area contributed by atoms with Crippen LogP contribution in [0.25, 0.3) is 0 Å². The maximum Gasteiger partial charge on any atom is 0.202 e. The third kappa shape index (κ3) is 3.32. The van der Waals surface area contributed by atoms with Crippen LogP contribution in [0, 0.1) is 0 Å². The van der Waals surface area contributed by atoms with Gasteiger partial charge in [-0.1, -0.05) is 5.21 Å². The maximum atomic E-state index is 9.96. The van der Waals surface area contributed by atoms with Crippen LogP contribution >= 0.6 is 0 Å². The second-order valence-corrected chi connectivity index (χ2v) is 4.73. The van der Waals surface area contributed by atoms with E-state index in [1.165, 1.54) is 0 Å². The van der Waals surface area contributed by atoms with E-state index >= 15 is 0 Å². The molecule has 1 atom stereocenters. The molecule has 2 N–H and O–H groups in total. The highest BCUT2D eigenvalue weighted by molar-refractivity contribution is 5.24. The first-order valence-electron chi connectivity index (χ1n) is 6.68. The summed E-state index contributed by atoms with van der Waals surface area (Å²) < 4.78 is 5.54. The molecule has 7 heteroatoms. The number of furan rings is 1. The molecule has 3 heterocycles. The topological polar surface area (TPSA) is 101 Å². The molecule has 3 aromatic heterocycles. The molecule has 0 aromatic carbocycles. The molecule has 1 unspecified atom stereocenters. The molecule has 0 fully saturated rings. The molecule has 0 aliphatic carbocycles. The Bertz CT molecular complexity index is 666. The summed E-state index contributed by atoms with van der Waals surface area (Å²) in [7, 11) is 0. The van der Waals surface area contributed by atoms with Crippen molar-refractivity contribution in [2.75, 3.05) is 0 Å². The van der Waals surface area contributed by atoms with E-state index < -0.39 is 6.10 Å². The minimum Gasteiger partial charge on any atom is -0.469 e. The molecule has 0 spiro atoms. The zero-order valence-corrected chi connectivity index (χ0v) is 11.3. The predicted octanol–water partition coefficient (Wildman–Crippen LogP) is 1.44. The van der Waals surface area contributed by atoms with E-state index in [9.17, 15) is 5.11 Å². The van der Waals surface area contributed by atoms with Gasteiger partial charge in [-0.3, -0.25) is 4.98 Å². The third-order valence-electron chi connectivity index (χ3n) is 3.30. The van der Waals surface area contributed by atoms with Crippen LogP contribution in [0.3, 0.4) is 0 Å². The zero-order valence-electron chi connectivity index (χ0n) is 11.3. The van der Waals surface area contributed by atoms with Gasteiger partial charge >= 0.3 is 0 Å². The van der Waals surface area contributed by atoms with Crippen LogP contribution in [0.5, 0.6) is 0 Å². The van der Waals surface area contributed by atoms with Crippen molar-refractivity contribution < 1.29 is 9.52 Å². The number of aromatic nitrogens is 5. The van der Waals surface area contributed by atoms with E-state index in [4.69, 9.17) is 4.42 Å². The van der Waals surface area contributed by atoms with E-state index in [-0.39, 0.29) is 0 Å². The molecule has 21 heavy (non-hydrogen) atoms. The lowest BCUT2D eigenvalue weighted by atomic mass is 10.0. The highest BCUT2D eigenvalue weighted by Crippen LogP contribution is 2.20. The van der Waals surface area contributed by atoms with Gasteiger partial charge in [-0.2, -0.15) is 5.21 Å². The molecule has 0 radical (unpaired) electrons. The van der Waals surface area contributed by atoms with E-state index in [2.05, 4.69) is 25.6 Å². The van der Waals surface area contributed by atoms with Crippen molar-refractivity contribution in [3.8, 4) is 0 Å². The molecule has 0 aliphatic heterocycles. The molecule has 7 nitrogen and oxygen atoms in total. The first-order valence-corrected chi connectivity index (χ1v) is 6.68. The molecular formula is C14H15N5O2. The number of aliphatic hydroxyl groups excluding tert-OH is 1. The Morgan fingerprint density at radius 2 is 2.10 bits per heavy atom. The number of nitrogens with one attached hydrogen (secondary N) is 1. The number of hydrogen-bond acceptors (Lipinski definition) is 6. The summed E-state index contributed by atoms with van der Waals surface area (Å²) >= 11 is 0. The molecule has 0 bridgehead atoms. The van der Waals surface area contributed by atoms with E-state index in [0.717, 1.165) is 16.9 Å². The fourth-order valence-electron chi connectivity index (χ4n) is 2.16. The second kappa shape index (κ2) is 6.27. The number of aromatic amines is 1. The van der Waals surface area contributed by atoms with Crippen molar-refractivity contribution in [1.29, 1.82) is 0 Å². The van der Waals surface area contributed by atoms with E-state index in [1.54, 1.807) is 18.7 Å². The summed E-state index contributed by atoms with van der Waals surface area (Å²) in [6.07, 6.45) is 6.38. The summed E-state index contributed by atoms with van der Waals surface area (Å²) in [5.41, 5.74) is 2.22. The number of rotatable bonds is 6. The SMILES string of the molecule is OC(CCc1ccoc1Cc1ccncc1)c1nn[nH]n1. The minimum atomic E-state index is -0.729. The number of aryl methyl sites for hydroxylation is 1. The Kier molecular flexibility index (Phi) is 4.02. The fourth-order valence-corrected chi connectivity index (χ4v) is 2.16. The van der Waals surface area contributed by atoms with Gasteiger partial charge in [0.05, 0.1) is 6.26 Å². The highest BCUT2D eigenvalue weighted by Gasteiger charge is 2.14. The predicted molar refractivity (Wildman–Crippen MR) is 73.2 cm³/mol. The fraction of sp³-hybridized carbons (Fsp3) is 0.286. The third-order valence-corrected chi connectivity index (χ3v) is 3.30. The summed E-state index contributed by atoms with van der Waals surface area (Å²) in [6.45, 7) is 0. The van der Waals surface area contributed by atoms with Gasteiger partial charge in [0.15, 0.2) is 0 Å². The highest BCUT2D eigenvalue weighted by atomic mass is 16.3. The van der Waals surface area contributed by atoms with Gasteiger partial charge in [-0.25, -0.2) is 0 Å². The van der Waals surface area contributed by atoms with Crippen molar-refractivity contribution in [3.63, 3.8) is 0 Å². The number of tetrazole rings is 1. The van der Waals surface area contributed by atoms with Crippen LogP contribution in [0.1, 0.15) is 35.2 Å². The lowest BCUT2D eigenvalue weighted by molar-refractivity contribution is 0.158. The molecule has 3 aromatic rings. The molecule has 108 valence electrons. The smallest absolute Gasteiger partial charge is 0.202 e. The largest absolute Gasteiger partial charge is 0.469 e. The number of hydrogen-bond donors (Lipinski definition) is 2. The van der Waals surface area contributed by atoms with Crippen molar-refractivity contribution >= 4 is 0 Å². The monoisotopic (exact) mass is 285 g/mol. The molecule has 3 rings (SSSR count). The maximum absolute atomic E-state index is 9.96. The summed E-state index contributed by atoms with van der Waals surface area (Å²) in [6, 6.07) is 5.85. The molecule has 0 saturated heterocycles. The van der Waals surface area contributed by atoms with Crippen LogP contribution < -0.4 is 0 Å². The van der Waals surface area contributed by atoms with Gasteiger partial charge < -0.3 is 9.52 Å². The Morgan fingerprint density at radius 3 is 2.86 bits per heavy atom. The van der Waals surface area contributed by atoms with Crippen molar-refractivity contribution in [1.82, 2.24) is 25.6 Å². The Balaban J connectivity index is 1.63. The summed E-state index contributed by atoms with van der Waals surface area (Å²) in [5.74, 6) is 1.22. The molecule has 0 saturated carbocycles. The lowest BCUT2D eigenvalue weighted by Crippen LogP contribution is -2.03. The van der Waals surface area contributed by atoms with Gasteiger partial charge in [-0.15, -0.1) is 10.2 Å². The number of H-pyrrole nitrogens is 1. The van der Waals surface area contributed by atoms with Gasteiger partial charge in [0.2, 0.25) is 5.82 Å². The normalized spacial score (nSPS) is 12.4. The first kappa shape index (κ1) is 13.4. The van der Waals surface area contributed by atoms with Crippen LogP contribution in [0.4, 0.5) is 0 Å². The quantitative estimate of drug-likeness (QED) is 0.710.